The third kappa shape index (κ3) is 9.65. The van der Waals surface area contributed by atoms with Crippen LogP contribution < -0.4 is 4.74 Å². The molecule has 0 fully saturated rings. The van der Waals surface area contributed by atoms with Crippen molar-refractivity contribution in [1.29, 1.82) is 0 Å². The van der Waals surface area contributed by atoms with Gasteiger partial charge in [0, 0.05) is 0 Å². The third-order valence-electron chi connectivity index (χ3n) is 5.02. The SMILES string of the molecule is CCCCCc1cc(CCCCC)cc(CCCOC(=O)Oc2ccccc2)c1. The van der Waals surface area contributed by atoms with Crippen LogP contribution in [-0.4, -0.2) is 12.8 Å². The zero-order valence-corrected chi connectivity index (χ0v) is 18.1. The predicted octanol–water partition coefficient (Wildman–Crippen LogP) is 7.30. The van der Waals surface area contributed by atoms with E-state index in [1.165, 1.54) is 55.2 Å². The Kier molecular flexibility index (Phi) is 11.0. The molecule has 0 radical (unpaired) electrons. The molecule has 0 atom stereocenters. The van der Waals surface area contributed by atoms with Crippen LogP contribution in [0.1, 0.15) is 75.5 Å². The number of hydrogen-bond acceptors (Lipinski definition) is 3. The van der Waals surface area contributed by atoms with Crippen molar-refractivity contribution in [2.24, 2.45) is 0 Å². The molecule has 2 aromatic rings. The van der Waals surface area contributed by atoms with E-state index >= 15 is 0 Å². The number of benzene rings is 2. The molecule has 0 saturated heterocycles. The summed E-state index contributed by atoms with van der Waals surface area (Å²) in [7, 11) is 0. The fraction of sp³-hybridized carbons (Fsp3) is 0.500. The molecule has 0 saturated carbocycles. The summed E-state index contributed by atoms with van der Waals surface area (Å²) in [5.41, 5.74) is 4.25. The maximum atomic E-state index is 11.8. The molecule has 0 aliphatic carbocycles. The van der Waals surface area contributed by atoms with Crippen molar-refractivity contribution in [2.45, 2.75) is 78.1 Å². The molecule has 0 unspecified atom stereocenters. The minimum Gasteiger partial charge on any atom is -0.434 e. The van der Waals surface area contributed by atoms with E-state index in [0.717, 1.165) is 25.7 Å². The average Bonchev–Trinajstić information content (AvgIpc) is 2.72. The first-order valence-corrected chi connectivity index (χ1v) is 11.2. The van der Waals surface area contributed by atoms with E-state index in [2.05, 4.69) is 32.0 Å². The Morgan fingerprint density at radius 2 is 1.24 bits per heavy atom. The van der Waals surface area contributed by atoms with Crippen LogP contribution in [-0.2, 0) is 24.0 Å². The lowest BCUT2D eigenvalue weighted by atomic mass is 9.96. The third-order valence-corrected chi connectivity index (χ3v) is 5.02. The van der Waals surface area contributed by atoms with E-state index in [0.29, 0.717) is 12.4 Å². The van der Waals surface area contributed by atoms with Gasteiger partial charge in [0.1, 0.15) is 5.75 Å². The first-order valence-electron chi connectivity index (χ1n) is 11.2. The number of hydrogen-bond donors (Lipinski definition) is 0. The normalized spacial score (nSPS) is 10.7. The van der Waals surface area contributed by atoms with Crippen molar-refractivity contribution in [3.63, 3.8) is 0 Å². The average molecular weight is 397 g/mol. The standard InChI is InChI=1S/C26H36O3/c1-3-5-8-13-22-19-23(14-9-6-4-2)21-24(20-22)15-12-18-28-26(27)29-25-16-10-7-11-17-25/h7,10-11,16-17,19-21H,3-6,8-9,12-15,18H2,1-2H3. The quantitative estimate of drug-likeness (QED) is 0.202. The number of carbonyl (C=O) groups excluding carboxylic acids is 1. The Labute approximate surface area is 176 Å². The Morgan fingerprint density at radius 3 is 1.76 bits per heavy atom. The van der Waals surface area contributed by atoms with Gasteiger partial charge >= 0.3 is 6.16 Å². The summed E-state index contributed by atoms with van der Waals surface area (Å²) in [6.07, 6.45) is 11.0. The monoisotopic (exact) mass is 396 g/mol. The van der Waals surface area contributed by atoms with Crippen LogP contribution in [0.15, 0.2) is 48.5 Å². The Hall–Kier alpha value is -2.29. The molecule has 0 bridgehead atoms. The zero-order valence-electron chi connectivity index (χ0n) is 18.1. The van der Waals surface area contributed by atoms with Crippen molar-refractivity contribution in [3.05, 3.63) is 65.2 Å². The number of ether oxygens (including phenoxy) is 2. The van der Waals surface area contributed by atoms with Crippen molar-refractivity contribution in [2.75, 3.05) is 6.61 Å². The van der Waals surface area contributed by atoms with Crippen LogP contribution in [0.3, 0.4) is 0 Å². The maximum Gasteiger partial charge on any atom is 0.513 e. The molecule has 2 aromatic carbocycles. The number of unbranched alkanes of at least 4 members (excludes halogenated alkanes) is 4. The highest BCUT2D eigenvalue weighted by Gasteiger charge is 2.07. The maximum absolute atomic E-state index is 11.8. The minimum absolute atomic E-state index is 0.372. The summed E-state index contributed by atoms with van der Waals surface area (Å²) in [5, 5.41) is 0. The summed E-state index contributed by atoms with van der Waals surface area (Å²) in [6.45, 7) is 4.86. The lowest BCUT2D eigenvalue weighted by molar-refractivity contribution is 0.0981. The summed E-state index contributed by atoms with van der Waals surface area (Å²) < 4.78 is 10.4. The molecule has 0 aliphatic rings. The zero-order chi connectivity index (χ0) is 20.7. The lowest BCUT2D eigenvalue weighted by Crippen LogP contribution is -2.11. The Balaban J connectivity index is 1.82. The van der Waals surface area contributed by atoms with Crippen molar-refractivity contribution in [3.8, 4) is 5.75 Å². The fourth-order valence-electron chi connectivity index (χ4n) is 3.48. The first kappa shape index (κ1) is 23.0. The van der Waals surface area contributed by atoms with Gasteiger partial charge in [-0.1, -0.05) is 75.9 Å². The van der Waals surface area contributed by atoms with E-state index in [-0.39, 0.29) is 0 Å². The highest BCUT2D eigenvalue weighted by molar-refractivity contribution is 5.63. The molecule has 0 aromatic heterocycles. The van der Waals surface area contributed by atoms with Crippen molar-refractivity contribution < 1.29 is 14.3 Å². The highest BCUT2D eigenvalue weighted by Crippen LogP contribution is 2.17. The largest absolute Gasteiger partial charge is 0.513 e. The smallest absolute Gasteiger partial charge is 0.434 e. The topological polar surface area (TPSA) is 35.5 Å². The number of carbonyl (C=O) groups is 1. The van der Waals surface area contributed by atoms with Gasteiger partial charge in [0.15, 0.2) is 0 Å². The van der Waals surface area contributed by atoms with Gasteiger partial charge in [-0.2, -0.15) is 0 Å². The second kappa shape index (κ2) is 13.8. The second-order valence-corrected chi connectivity index (χ2v) is 7.69. The van der Waals surface area contributed by atoms with E-state index in [9.17, 15) is 4.79 Å². The van der Waals surface area contributed by atoms with Crippen molar-refractivity contribution in [1.82, 2.24) is 0 Å². The molecule has 158 valence electrons. The van der Waals surface area contributed by atoms with Gasteiger partial charge in [0.05, 0.1) is 6.61 Å². The van der Waals surface area contributed by atoms with Crippen LogP contribution in [0.2, 0.25) is 0 Å². The van der Waals surface area contributed by atoms with Gasteiger partial charge in [-0.05, 0) is 67.3 Å². The summed E-state index contributed by atoms with van der Waals surface area (Å²) >= 11 is 0. The molecular formula is C26H36O3. The Bertz CT molecular complexity index is 681. The number of para-hydroxylation sites is 1. The second-order valence-electron chi connectivity index (χ2n) is 7.69. The van der Waals surface area contributed by atoms with Gasteiger partial charge < -0.3 is 9.47 Å². The van der Waals surface area contributed by atoms with Crippen LogP contribution in [0.4, 0.5) is 4.79 Å². The summed E-state index contributed by atoms with van der Waals surface area (Å²) in [6, 6.07) is 16.1. The van der Waals surface area contributed by atoms with Gasteiger partial charge in [-0.15, -0.1) is 0 Å². The molecule has 0 aliphatic heterocycles. The number of aryl methyl sites for hydroxylation is 3. The lowest BCUT2D eigenvalue weighted by Gasteiger charge is -2.11. The predicted molar refractivity (Wildman–Crippen MR) is 120 cm³/mol. The molecule has 2 rings (SSSR count). The molecule has 0 amide bonds. The minimum atomic E-state index is -0.634. The number of rotatable bonds is 13. The first-order chi connectivity index (χ1) is 14.2. The molecule has 0 spiro atoms. The van der Waals surface area contributed by atoms with E-state index in [1.807, 2.05) is 18.2 Å². The van der Waals surface area contributed by atoms with E-state index in [1.54, 1.807) is 12.1 Å². The van der Waals surface area contributed by atoms with E-state index < -0.39 is 6.16 Å². The van der Waals surface area contributed by atoms with Crippen LogP contribution in [0.25, 0.3) is 0 Å². The highest BCUT2D eigenvalue weighted by atomic mass is 16.7. The molecule has 3 nitrogen and oxygen atoms in total. The molecular weight excluding hydrogens is 360 g/mol. The van der Waals surface area contributed by atoms with E-state index in [4.69, 9.17) is 9.47 Å². The van der Waals surface area contributed by atoms with Gasteiger partial charge in [-0.25, -0.2) is 4.79 Å². The molecule has 0 heterocycles. The van der Waals surface area contributed by atoms with Gasteiger partial charge in [-0.3, -0.25) is 0 Å². The van der Waals surface area contributed by atoms with Crippen LogP contribution >= 0.6 is 0 Å². The summed E-state index contributed by atoms with van der Waals surface area (Å²) in [4.78, 5) is 11.8. The van der Waals surface area contributed by atoms with Crippen LogP contribution in [0.5, 0.6) is 5.75 Å². The van der Waals surface area contributed by atoms with Crippen molar-refractivity contribution >= 4 is 6.16 Å². The van der Waals surface area contributed by atoms with Gasteiger partial charge in [0.25, 0.3) is 0 Å². The fourth-order valence-corrected chi connectivity index (χ4v) is 3.48. The summed E-state index contributed by atoms with van der Waals surface area (Å²) in [5.74, 6) is 0.508. The Morgan fingerprint density at radius 1 is 0.724 bits per heavy atom. The molecule has 3 heteroatoms. The van der Waals surface area contributed by atoms with Crippen LogP contribution in [0, 0.1) is 0 Å². The van der Waals surface area contributed by atoms with Gasteiger partial charge in [0.2, 0.25) is 0 Å². The molecule has 0 N–H and O–H groups in total. The molecule has 29 heavy (non-hydrogen) atoms.